The summed E-state index contributed by atoms with van der Waals surface area (Å²) in [5.41, 5.74) is 6.75. The molecule has 1 aromatic carbocycles. The number of nitrogens with one attached hydrogen (secondary N) is 2. The van der Waals surface area contributed by atoms with Gasteiger partial charge in [-0.1, -0.05) is 41.7 Å². The van der Waals surface area contributed by atoms with Crippen molar-refractivity contribution in [2.45, 2.75) is 44.3 Å². The molecule has 0 aliphatic heterocycles. The molecule has 9 heteroatoms. The van der Waals surface area contributed by atoms with E-state index in [9.17, 15) is 4.79 Å². The van der Waals surface area contributed by atoms with Gasteiger partial charge in [-0.05, 0) is 30.5 Å². The average molecular weight is 386 g/mol. The standard InChI is InChI=1S/C16H20ClN5O2.ClH/c17-12-5-3-11(4-6-12)9-19-15(23)20-10-13-21-14(22-24-13)16(18)7-1-2-8-16;/h3-6H,1-2,7-10,18H2,(H2,19,20,23);1H. The van der Waals surface area contributed by atoms with Gasteiger partial charge in [-0.2, -0.15) is 4.98 Å². The Morgan fingerprint density at radius 1 is 1.20 bits per heavy atom. The Morgan fingerprint density at radius 2 is 1.84 bits per heavy atom. The van der Waals surface area contributed by atoms with E-state index in [1.165, 1.54) is 0 Å². The van der Waals surface area contributed by atoms with Crippen LogP contribution in [-0.2, 0) is 18.6 Å². The molecule has 0 bridgehead atoms. The number of benzene rings is 1. The van der Waals surface area contributed by atoms with E-state index in [0.29, 0.717) is 23.3 Å². The Hall–Kier alpha value is -1.83. The fourth-order valence-corrected chi connectivity index (χ4v) is 2.89. The second kappa shape index (κ2) is 8.51. The normalized spacial score (nSPS) is 15.4. The highest BCUT2D eigenvalue weighted by molar-refractivity contribution is 6.30. The van der Waals surface area contributed by atoms with Crippen molar-refractivity contribution in [3.05, 3.63) is 46.6 Å². The van der Waals surface area contributed by atoms with E-state index in [-0.39, 0.29) is 25.0 Å². The van der Waals surface area contributed by atoms with Crippen LogP contribution in [0.25, 0.3) is 0 Å². The lowest BCUT2D eigenvalue weighted by atomic mass is 9.99. The first-order chi connectivity index (χ1) is 11.5. The second-order valence-electron chi connectivity index (χ2n) is 6.04. The smallest absolute Gasteiger partial charge is 0.315 e. The summed E-state index contributed by atoms with van der Waals surface area (Å²) in [4.78, 5) is 16.1. The van der Waals surface area contributed by atoms with Crippen molar-refractivity contribution in [2.75, 3.05) is 0 Å². The summed E-state index contributed by atoms with van der Waals surface area (Å²) in [6.07, 6.45) is 3.87. The lowest BCUT2D eigenvalue weighted by molar-refractivity contribution is 0.238. The Labute approximate surface area is 157 Å². The van der Waals surface area contributed by atoms with Crippen molar-refractivity contribution in [3.63, 3.8) is 0 Å². The number of hydrogen-bond donors (Lipinski definition) is 3. The molecule has 1 fully saturated rings. The molecule has 0 saturated heterocycles. The van der Waals surface area contributed by atoms with Crippen molar-refractivity contribution >= 4 is 30.0 Å². The topological polar surface area (TPSA) is 106 Å². The van der Waals surface area contributed by atoms with Gasteiger partial charge in [0.25, 0.3) is 0 Å². The van der Waals surface area contributed by atoms with Gasteiger partial charge in [0, 0.05) is 11.6 Å². The van der Waals surface area contributed by atoms with Crippen molar-refractivity contribution in [2.24, 2.45) is 5.73 Å². The predicted octanol–water partition coefficient (Wildman–Crippen LogP) is 2.87. The van der Waals surface area contributed by atoms with Crippen LogP contribution in [-0.4, -0.2) is 16.2 Å². The van der Waals surface area contributed by atoms with E-state index in [2.05, 4.69) is 20.8 Å². The summed E-state index contributed by atoms with van der Waals surface area (Å²) in [5.74, 6) is 0.877. The van der Waals surface area contributed by atoms with Crippen LogP contribution in [0, 0.1) is 0 Å². The zero-order chi connectivity index (χ0) is 17.0. The molecule has 2 amide bonds. The number of nitrogens with zero attached hydrogens (tertiary/aromatic N) is 2. The quantitative estimate of drug-likeness (QED) is 0.733. The van der Waals surface area contributed by atoms with Crippen molar-refractivity contribution < 1.29 is 9.32 Å². The number of hydrogen-bond acceptors (Lipinski definition) is 5. The van der Waals surface area contributed by atoms with E-state index >= 15 is 0 Å². The number of halogens is 2. The highest BCUT2D eigenvalue weighted by Crippen LogP contribution is 2.34. The van der Waals surface area contributed by atoms with Gasteiger partial charge in [-0.15, -0.1) is 12.4 Å². The molecule has 0 unspecified atom stereocenters. The third kappa shape index (κ3) is 5.07. The number of urea groups is 1. The first-order valence-electron chi connectivity index (χ1n) is 7.93. The van der Waals surface area contributed by atoms with Gasteiger partial charge in [0.2, 0.25) is 5.89 Å². The van der Waals surface area contributed by atoms with Crippen LogP contribution in [0.2, 0.25) is 5.02 Å². The molecule has 1 aliphatic rings. The maximum absolute atomic E-state index is 11.8. The summed E-state index contributed by atoms with van der Waals surface area (Å²) in [5, 5.41) is 10.1. The summed E-state index contributed by atoms with van der Waals surface area (Å²) in [7, 11) is 0. The third-order valence-electron chi connectivity index (χ3n) is 4.18. The first kappa shape index (κ1) is 19.5. The molecule has 136 valence electrons. The third-order valence-corrected chi connectivity index (χ3v) is 4.43. The predicted molar refractivity (Wildman–Crippen MR) is 96.4 cm³/mol. The molecule has 0 spiro atoms. The molecule has 7 nitrogen and oxygen atoms in total. The van der Waals surface area contributed by atoms with Crippen LogP contribution in [0.5, 0.6) is 0 Å². The van der Waals surface area contributed by atoms with Gasteiger partial charge in [-0.3, -0.25) is 0 Å². The van der Waals surface area contributed by atoms with Gasteiger partial charge < -0.3 is 20.9 Å². The van der Waals surface area contributed by atoms with E-state index in [1.54, 1.807) is 12.1 Å². The average Bonchev–Trinajstić information content (AvgIpc) is 3.22. The van der Waals surface area contributed by atoms with E-state index < -0.39 is 5.54 Å². The number of rotatable bonds is 5. The summed E-state index contributed by atoms with van der Waals surface area (Å²) >= 11 is 5.82. The molecule has 3 rings (SSSR count). The maximum atomic E-state index is 11.8. The minimum atomic E-state index is -0.488. The Kier molecular flexibility index (Phi) is 6.64. The lowest BCUT2D eigenvalue weighted by Crippen LogP contribution is -2.35. The fourth-order valence-electron chi connectivity index (χ4n) is 2.76. The summed E-state index contributed by atoms with van der Waals surface area (Å²) in [6.45, 7) is 0.569. The largest absolute Gasteiger partial charge is 0.337 e. The number of carbonyl (C=O) groups excluding carboxylic acids is 1. The summed E-state index contributed by atoms with van der Waals surface area (Å²) in [6, 6.07) is 6.96. The van der Waals surface area contributed by atoms with Crippen molar-refractivity contribution in [3.8, 4) is 0 Å². The summed E-state index contributed by atoms with van der Waals surface area (Å²) < 4.78 is 5.17. The van der Waals surface area contributed by atoms with Crippen LogP contribution in [0.1, 0.15) is 43.0 Å². The minimum absolute atomic E-state index is 0. The Morgan fingerprint density at radius 3 is 2.52 bits per heavy atom. The molecule has 1 heterocycles. The maximum Gasteiger partial charge on any atom is 0.315 e. The van der Waals surface area contributed by atoms with Gasteiger partial charge in [-0.25, -0.2) is 4.79 Å². The Bertz CT molecular complexity index is 699. The van der Waals surface area contributed by atoms with Crippen LogP contribution in [0.4, 0.5) is 4.79 Å². The number of amides is 2. The molecule has 25 heavy (non-hydrogen) atoms. The molecule has 1 aromatic heterocycles. The second-order valence-corrected chi connectivity index (χ2v) is 6.47. The minimum Gasteiger partial charge on any atom is -0.337 e. The SMILES string of the molecule is Cl.NC1(c2noc(CNC(=O)NCc3ccc(Cl)cc3)n2)CCCC1. The number of aromatic nitrogens is 2. The molecule has 4 N–H and O–H groups in total. The van der Waals surface area contributed by atoms with E-state index in [1.807, 2.05) is 12.1 Å². The number of nitrogens with two attached hydrogens (primary N) is 1. The van der Waals surface area contributed by atoms with E-state index in [0.717, 1.165) is 31.2 Å². The van der Waals surface area contributed by atoms with Gasteiger partial charge in [0.15, 0.2) is 5.82 Å². The van der Waals surface area contributed by atoms with Gasteiger partial charge in [0.1, 0.15) is 0 Å². The van der Waals surface area contributed by atoms with Crippen LogP contribution >= 0.6 is 24.0 Å². The molecule has 1 aliphatic carbocycles. The van der Waals surface area contributed by atoms with Crippen LogP contribution in [0.15, 0.2) is 28.8 Å². The van der Waals surface area contributed by atoms with Crippen molar-refractivity contribution in [1.29, 1.82) is 0 Å². The monoisotopic (exact) mass is 385 g/mol. The zero-order valence-corrected chi connectivity index (χ0v) is 15.2. The van der Waals surface area contributed by atoms with Gasteiger partial charge >= 0.3 is 6.03 Å². The van der Waals surface area contributed by atoms with Crippen molar-refractivity contribution in [1.82, 2.24) is 20.8 Å². The van der Waals surface area contributed by atoms with Crippen LogP contribution in [0.3, 0.4) is 0 Å². The first-order valence-corrected chi connectivity index (χ1v) is 8.31. The molecule has 1 saturated carbocycles. The highest BCUT2D eigenvalue weighted by atomic mass is 35.5. The molecule has 0 radical (unpaired) electrons. The number of carbonyl (C=O) groups is 1. The molecular weight excluding hydrogens is 365 g/mol. The van der Waals surface area contributed by atoms with Gasteiger partial charge in [0.05, 0.1) is 12.1 Å². The zero-order valence-electron chi connectivity index (χ0n) is 13.6. The fraction of sp³-hybridized carbons (Fsp3) is 0.438. The molecule has 2 aromatic rings. The molecule has 0 atom stereocenters. The Balaban J connectivity index is 0.00000225. The van der Waals surface area contributed by atoms with Crippen LogP contribution < -0.4 is 16.4 Å². The highest BCUT2D eigenvalue weighted by Gasteiger charge is 2.35. The lowest BCUT2D eigenvalue weighted by Gasteiger charge is -2.17. The molecular formula is C16H21Cl2N5O2. The van der Waals surface area contributed by atoms with E-state index in [4.69, 9.17) is 21.9 Å².